The second kappa shape index (κ2) is 12.6. The summed E-state index contributed by atoms with van der Waals surface area (Å²) >= 11 is 0. The molecule has 0 aliphatic carbocycles. The number of benzene rings is 1. The zero-order valence-corrected chi connectivity index (χ0v) is 15.0. The Morgan fingerprint density at radius 2 is 1.38 bits per heavy atom. The van der Waals surface area contributed by atoms with Gasteiger partial charge in [0.15, 0.2) is 0 Å². The molecule has 4 nitrogen and oxygen atoms in total. The van der Waals surface area contributed by atoms with Crippen LogP contribution in [-0.4, -0.2) is 19.0 Å². The smallest absolute Gasteiger partial charge is 0.345 e. The van der Waals surface area contributed by atoms with Crippen LogP contribution >= 0.6 is 0 Å². The second-order valence-corrected chi connectivity index (χ2v) is 6.07. The molecule has 0 amide bonds. The van der Waals surface area contributed by atoms with E-state index in [1.807, 2.05) is 0 Å². The normalized spacial score (nSPS) is 10.4. The summed E-state index contributed by atoms with van der Waals surface area (Å²) in [6.45, 7) is 2.22. The number of hydrogen-bond donors (Lipinski definition) is 0. The first-order chi connectivity index (χ1) is 11.7. The summed E-state index contributed by atoms with van der Waals surface area (Å²) in [5.41, 5.74) is 0.358. The average Bonchev–Trinajstić information content (AvgIpc) is 2.60. The Kier molecular flexibility index (Phi) is 10.6. The third-order valence-electron chi connectivity index (χ3n) is 4.02. The van der Waals surface area contributed by atoms with Gasteiger partial charge in [-0.25, -0.2) is 4.79 Å². The van der Waals surface area contributed by atoms with Crippen LogP contribution in [0.25, 0.3) is 0 Å². The molecular formula is C20H30O4. The van der Waals surface area contributed by atoms with E-state index in [4.69, 9.17) is 9.47 Å². The molecule has 0 N–H and O–H groups in total. The van der Waals surface area contributed by atoms with Crippen molar-refractivity contribution in [1.29, 1.82) is 0 Å². The van der Waals surface area contributed by atoms with Crippen LogP contribution in [0, 0.1) is 0 Å². The zero-order chi connectivity index (χ0) is 17.6. The van der Waals surface area contributed by atoms with Gasteiger partial charge in [-0.2, -0.15) is 0 Å². The van der Waals surface area contributed by atoms with E-state index in [1.165, 1.54) is 38.5 Å². The van der Waals surface area contributed by atoms with Crippen LogP contribution in [0.15, 0.2) is 24.3 Å². The van der Waals surface area contributed by atoms with Crippen molar-refractivity contribution < 1.29 is 19.1 Å². The number of rotatable bonds is 12. The maximum absolute atomic E-state index is 11.8. The quantitative estimate of drug-likeness (QED) is 0.296. The topological polar surface area (TPSA) is 52.6 Å². The number of methoxy groups -OCH3 is 1. The van der Waals surface area contributed by atoms with Crippen molar-refractivity contribution in [2.45, 2.75) is 71.1 Å². The summed E-state index contributed by atoms with van der Waals surface area (Å²) in [5, 5.41) is 0. The molecule has 0 atom stereocenters. The van der Waals surface area contributed by atoms with E-state index in [0.717, 1.165) is 19.3 Å². The molecule has 0 aliphatic heterocycles. The summed E-state index contributed by atoms with van der Waals surface area (Å²) in [5.74, 6) is -0.384. The van der Waals surface area contributed by atoms with Crippen molar-refractivity contribution in [2.75, 3.05) is 7.11 Å². The van der Waals surface area contributed by atoms with Crippen LogP contribution in [-0.2, 0) is 9.53 Å². The molecule has 0 saturated carbocycles. The highest BCUT2D eigenvalue weighted by Crippen LogP contribution is 2.13. The van der Waals surface area contributed by atoms with Crippen LogP contribution in [0.2, 0.25) is 0 Å². The SMILES string of the molecule is CCCCCCCCCCCC(=O)OC(=O)c1ccc(OC)cc1. The first-order valence-electron chi connectivity index (χ1n) is 9.06. The average molecular weight is 334 g/mol. The van der Waals surface area contributed by atoms with Crippen molar-refractivity contribution in [3.63, 3.8) is 0 Å². The molecule has 0 heterocycles. The van der Waals surface area contributed by atoms with Gasteiger partial charge < -0.3 is 9.47 Å². The number of ether oxygens (including phenoxy) is 2. The number of unbranched alkanes of at least 4 members (excludes halogenated alkanes) is 8. The minimum atomic E-state index is -0.599. The first kappa shape index (κ1) is 20.2. The predicted octanol–water partition coefficient (Wildman–Crippen LogP) is 5.30. The van der Waals surface area contributed by atoms with Crippen LogP contribution < -0.4 is 4.74 Å². The molecule has 134 valence electrons. The van der Waals surface area contributed by atoms with E-state index < -0.39 is 11.9 Å². The third kappa shape index (κ3) is 8.70. The van der Waals surface area contributed by atoms with Crippen LogP contribution in [0.3, 0.4) is 0 Å². The third-order valence-corrected chi connectivity index (χ3v) is 4.02. The Labute approximate surface area is 145 Å². The Balaban J connectivity index is 2.09. The van der Waals surface area contributed by atoms with Crippen LogP contribution in [0.1, 0.15) is 81.5 Å². The van der Waals surface area contributed by atoms with Crippen LogP contribution in [0.4, 0.5) is 0 Å². The molecule has 0 fully saturated rings. The zero-order valence-electron chi connectivity index (χ0n) is 15.0. The van der Waals surface area contributed by atoms with E-state index in [0.29, 0.717) is 17.7 Å². The molecule has 0 spiro atoms. The summed E-state index contributed by atoms with van der Waals surface area (Å²) in [7, 11) is 1.56. The maximum Gasteiger partial charge on any atom is 0.345 e. The lowest BCUT2D eigenvalue weighted by Crippen LogP contribution is -2.12. The summed E-state index contributed by atoms with van der Waals surface area (Å²) < 4.78 is 9.89. The van der Waals surface area contributed by atoms with E-state index >= 15 is 0 Å². The lowest BCUT2D eigenvalue weighted by molar-refractivity contribution is -0.138. The standard InChI is InChI=1S/C20H30O4/c1-3-4-5-6-7-8-9-10-11-12-19(21)24-20(22)17-13-15-18(23-2)16-14-17/h13-16H,3-12H2,1-2H3. The van der Waals surface area contributed by atoms with Crippen molar-refractivity contribution in [3.05, 3.63) is 29.8 Å². The van der Waals surface area contributed by atoms with E-state index in [-0.39, 0.29) is 0 Å². The molecule has 1 rings (SSSR count). The van der Waals surface area contributed by atoms with Gasteiger partial charge in [0.05, 0.1) is 12.7 Å². The van der Waals surface area contributed by atoms with Gasteiger partial charge in [0, 0.05) is 6.42 Å². The molecule has 24 heavy (non-hydrogen) atoms. The minimum absolute atomic E-state index is 0.303. The molecule has 4 heteroatoms. The lowest BCUT2D eigenvalue weighted by atomic mass is 10.1. The predicted molar refractivity (Wildman–Crippen MR) is 95.3 cm³/mol. The summed E-state index contributed by atoms with van der Waals surface area (Å²) in [6, 6.07) is 6.52. The van der Waals surface area contributed by atoms with Gasteiger partial charge in [0.25, 0.3) is 0 Å². The number of carbonyl (C=O) groups is 2. The van der Waals surface area contributed by atoms with Crippen molar-refractivity contribution in [3.8, 4) is 5.75 Å². The molecular weight excluding hydrogens is 304 g/mol. The Hall–Kier alpha value is -1.84. The number of hydrogen-bond acceptors (Lipinski definition) is 4. The van der Waals surface area contributed by atoms with Gasteiger partial charge in [-0.15, -0.1) is 0 Å². The first-order valence-corrected chi connectivity index (χ1v) is 9.06. The molecule has 0 saturated heterocycles. The fraction of sp³-hybridized carbons (Fsp3) is 0.600. The lowest BCUT2D eigenvalue weighted by Gasteiger charge is -2.05. The molecule has 0 aliphatic rings. The van der Waals surface area contributed by atoms with Gasteiger partial charge >= 0.3 is 11.9 Å². The molecule has 0 radical (unpaired) electrons. The fourth-order valence-electron chi connectivity index (χ4n) is 2.52. The summed E-state index contributed by atoms with van der Waals surface area (Å²) in [4.78, 5) is 23.5. The van der Waals surface area contributed by atoms with Gasteiger partial charge in [0.1, 0.15) is 5.75 Å². The molecule has 0 unspecified atom stereocenters. The number of esters is 2. The molecule has 0 bridgehead atoms. The minimum Gasteiger partial charge on any atom is -0.497 e. The maximum atomic E-state index is 11.8. The second-order valence-electron chi connectivity index (χ2n) is 6.07. The molecule has 1 aromatic carbocycles. The van der Waals surface area contributed by atoms with Crippen molar-refractivity contribution >= 4 is 11.9 Å². The van der Waals surface area contributed by atoms with Crippen molar-refractivity contribution in [1.82, 2.24) is 0 Å². The monoisotopic (exact) mass is 334 g/mol. The number of carbonyl (C=O) groups excluding carboxylic acids is 2. The fourth-order valence-corrected chi connectivity index (χ4v) is 2.52. The van der Waals surface area contributed by atoms with Gasteiger partial charge in [-0.05, 0) is 30.7 Å². The van der Waals surface area contributed by atoms with Crippen LogP contribution in [0.5, 0.6) is 5.75 Å². The van der Waals surface area contributed by atoms with E-state index in [2.05, 4.69) is 6.92 Å². The largest absolute Gasteiger partial charge is 0.497 e. The molecule has 1 aromatic rings. The highest BCUT2D eigenvalue weighted by Gasteiger charge is 2.12. The van der Waals surface area contributed by atoms with E-state index in [9.17, 15) is 9.59 Å². The van der Waals surface area contributed by atoms with Crippen molar-refractivity contribution in [2.24, 2.45) is 0 Å². The van der Waals surface area contributed by atoms with Gasteiger partial charge in [0.2, 0.25) is 0 Å². The highest BCUT2D eigenvalue weighted by molar-refractivity contribution is 5.96. The summed E-state index contributed by atoms with van der Waals surface area (Å²) in [6.07, 6.45) is 11.0. The van der Waals surface area contributed by atoms with E-state index in [1.54, 1.807) is 31.4 Å². The Morgan fingerprint density at radius 1 is 0.833 bits per heavy atom. The highest BCUT2D eigenvalue weighted by atomic mass is 16.6. The van der Waals surface area contributed by atoms with Gasteiger partial charge in [-0.1, -0.05) is 58.3 Å². The molecule has 0 aromatic heterocycles. The Bertz CT molecular complexity index is 479. The Morgan fingerprint density at radius 3 is 1.92 bits per heavy atom. The van der Waals surface area contributed by atoms with Gasteiger partial charge in [-0.3, -0.25) is 4.79 Å².